The molecule has 0 aliphatic rings. The first kappa shape index (κ1) is 15.4. The van der Waals surface area contributed by atoms with Crippen LogP contribution >= 0.6 is 0 Å². The van der Waals surface area contributed by atoms with E-state index in [0.717, 1.165) is 23.6 Å². The summed E-state index contributed by atoms with van der Waals surface area (Å²) in [5.74, 6) is 0.899. The summed E-state index contributed by atoms with van der Waals surface area (Å²) in [6.45, 7) is 6.75. The topological polar surface area (TPSA) is 47.0 Å². The van der Waals surface area contributed by atoms with E-state index in [4.69, 9.17) is 4.74 Å². The molecular formula is C17H23N3O. The van der Waals surface area contributed by atoms with Gasteiger partial charge in [0, 0.05) is 0 Å². The SMILES string of the molecule is CCOc1ccc(C(NC)c2cc(C)nnc2CC)cc1. The first-order chi connectivity index (χ1) is 10.2. The lowest BCUT2D eigenvalue weighted by molar-refractivity contribution is 0.340. The molecule has 0 bridgehead atoms. The van der Waals surface area contributed by atoms with Crippen molar-refractivity contribution < 1.29 is 4.74 Å². The zero-order valence-electron chi connectivity index (χ0n) is 13.2. The Labute approximate surface area is 126 Å². The van der Waals surface area contributed by atoms with Gasteiger partial charge in [0.25, 0.3) is 0 Å². The van der Waals surface area contributed by atoms with Gasteiger partial charge in [0.1, 0.15) is 5.75 Å². The number of aromatic nitrogens is 2. The zero-order valence-corrected chi connectivity index (χ0v) is 13.2. The second-order valence-electron chi connectivity index (χ2n) is 4.97. The predicted molar refractivity (Wildman–Crippen MR) is 84.7 cm³/mol. The van der Waals surface area contributed by atoms with Crippen molar-refractivity contribution in [2.75, 3.05) is 13.7 Å². The number of benzene rings is 1. The van der Waals surface area contributed by atoms with Gasteiger partial charge < -0.3 is 10.1 Å². The smallest absolute Gasteiger partial charge is 0.119 e. The van der Waals surface area contributed by atoms with Gasteiger partial charge in [0.2, 0.25) is 0 Å². The summed E-state index contributed by atoms with van der Waals surface area (Å²) in [6.07, 6.45) is 0.873. The number of hydrogen-bond donors (Lipinski definition) is 1. The summed E-state index contributed by atoms with van der Waals surface area (Å²) in [6, 6.07) is 10.4. The first-order valence-electron chi connectivity index (χ1n) is 7.42. The Balaban J connectivity index is 2.37. The summed E-state index contributed by atoms with van der Waals surface area (Å²) in [5.41, 5.74) is 4.36. The van der Waals surface area contributed by atoms with Crippen molar-refractivity contribution >= 4 is 0 Å². The number of nitrogens with zero attached hydrogens (tertiary/aromatic N) is 2. The van der Waals surface area contributed by atoms with Gasteiger partial charge in [0.05, 0.1) is 24.0 Å². The lowest BCUT2D eigenvalue weighted by atomic mass is 9.96. The third kappa shape index (κ3) is 3.58. The normalized spacial score (nSPS) is 12.2. The maximum absolute atomic E-state index is 5.50. The number of aryl methyl sites for hydroxylation is 2. The Morgan fingerprint density at radius 2 is 1.86 bits per heavy atom. The molecule has 21 heavy (non-hydrogen) atoms. The van der Waals surface area contributed by atoms with E-state index in [1.807, 2.05) is 33.0 Å². The van der Waals surface area contributed by atoms with E-state index in [0.29, 0.717) is 6.61 Å². The molecule has 4 nitrogen and oxygen atoms in total. The standard InChI is InChI=1S/C17H23N3O/c1-5-16-15(11-12(3)19-20-16)17(18-4)13-7-9-14(10-8-13)21-6-2/h7-11,17-18H,5-6H2,1-4H3. The van der Waals surface area contributed by atoms with Crippen molar-refractivity contribution in [3.05, 3.63) is 52.8 Å². The van der Waals surface area contributed by atoms with E-state index in [1.165, 1.54) is 11.1 Å². The summed E-state index contributed by atoms with van der Waals surface area (Å²) >= 11 is 0. The molecule has 1 unspecified atom stereocenters. The van der Waals surface area contributed by atoms with Gasteiger partial charge >= 0.3 is 0 Å². The van der Waals surface area contributed by atoms with Crippen LogP contribution in [0.15, 0.2) is 30.3 Å². The van der Waals surface area contributed by atoms with Crippen molar-refractivity contribution in [1.82, 2.24) is 15.5 Å². The predicted octanol–water partition coefficient (Wildman–Crippen LogP) is 3.05. The highest BCUT2D eigenvalue weighted by atomic mass is 16.5. The van der Waals surface area contributed by atoms with Crippen LogP contribution in [0.25, 0.3) is 0 Å². The molecule has 0 saturated heterocycles. The van der Waals surface area contributed by atoms with E-state index >= 15 is 0 Å². The average Bonchev–Trinajstić information content (AvgIpc) is 2.50. The third-order valence-corrected chi connectivity index (χ3v) is 3.49. The maximum Gasteiger partial charge on any atom is 0.119 e. The van der Waals surface area contributed by atoms with Crippen LogP contribution in [0.3, 0.4) is 0 Å². The molecule has 112 valence electrons. The van der Waals surface area contributed by atoms with E-state index in [-0.39, 0.29) is 6.04 Å². The average molecular weight is 285 g/mol. The molecule has 1 aromatic carbocycles. The fraction of sp³-hybridized carbons (Fsp3) is 0.412. The molecule has 1 atom stereocenters. The van der Waals surface area contributed by atoms with Gasteiger partial charge in [-0.3, -0.25) is 0 Å². The number of rotatable bonds is 6. The van der Waals surface area contributed by atoms with E-state index in [1.54, 1.807) is 0 Å². The van der Waals surface area contributed by atoms with Crippen LogP contribution in [0.2, 0.25) is 0 Å². The minimum atomic E-state index is 0.116. The first-order valence-corrected chi connectivity index (χ1v) is 7.42. The lowest BCUT2D eigenvalue weighted by Crippen LogP contribution is -2.20. The third-order valence-electron chi connectivity index (χ3n) is 3.49. The highest BCUT2D eigenvalue weighted by Crippen LogP contribution is 2.26. The quantitative estimate of drug-likeness (QED) is 0.886. The molecule has 4 heteroatoms. The fourth-order valence-electron chi connectivity index (χ4n) is 2.48. The summed E-state index contributed by atoms with van der Waals surface area (Å²) < 4.78 is 5.50. The number of nitrogens with one attached hydrogen (secondary N) is 1. The Bertz CT molecular complexity index is 581. The zero-order chi connectivity index (χ0) is 15.2. The van der Waals surface area contributed by atoms with Crippen LogP contribution in [0.1, 0.15) is 42.4 Å². The van der Waals surface area contributed by atoms with Crippen LogP contribution in [0.5, 0.6) is 5.75 Å². The van der Waals surface area contributed by atoms with Crippen LogP contribution in [0, 0.1) is 6.92 Å². The maximum atomic E-state index is 5.50. The Morgan fingerprint density at radius 1 is 1.14 bits per heavy atom. The molecule has 0 amide bonds. The highest BCUT2D eigenvalue weighted by Gasteiger charge is 2.17. The number of hydrogen-bond acceptors (Lipinski definition) is 4. The van der Waals surface area contributed by atoms with Gasteiger partial charge in [-0.15, -0.1) is 0 Å². The molecule has 0 saturated carbocycles. The Morgan fingerprint density at radius 3 is 2.43 bits per heavy atom. The highest BCUT2D eigenvalue weighted by molar-refractivity contribution is 5.37. The fourth-order valence-corrected chi connectivity index (χ4v) is 2.48. The van der Waals surface area contributed by atoms with Gasteiger partial charge in [-0.05, 0) is 56.6 Å². The summed E-state index contributed by atoms with van der Waals surface area (Å²) in [7, 11) is 1.97. The Kier molecular flexibility index (Phi) is 5.28. The summed E-state index contributed by atoms with van der Waals surface area (Å²) in [4.78, 5) is 0. The largest absolute Gasteiger partial charge is 0.494 e. The number of ether oxygens (including phenoxy) is 1. The van der Waals surface area contributed by atoms with Gasteiger partial charge in [0.15, 0.2) is 0 Å². The van der Waals surface area contributed by atoms with Gasteiger partial charge in [-0.2, -0.15) is 10.2 Å². The molecule has 0 aliphatic heterocycles. The van der Waals surface area contributed by atoms with E-state index < -0.39 is 0 Å². The molecule has 0 fully saturated rings. The monoisotopic (exact) mass is 285 g/mol. The second-order valence-corrected chi connectivity index (χ2v) is 4.97. The van der Waals surface area contributed by atoms with Crippen LogP contribution < -0.4 is 10.1 Å². The van der Waals surface area contributed by atoms with Crippen molar-refractivity contribution in [3.8, 4) is 5.75 Å². The minimum absolute atomic E-state index is 0.116. The second kappa shape index (κ2) is 7.18. The van der Waals surface area contributed by atoms with Crippen molar-refractivity contribution in [3.63, 3.8) is 0 Å². The van der Waals surface area contributed by atoms with Gasteiger partial charge in [-0.1, -0.05) is 19.1 Å². The molecule has 0 aliphatic carbocycles. The molecule has 1 heterocycles. The molecule has 1 N–H and O–H groups in total. The molecular weight excluding hydrogens is 262 g/mol. The van der Waals surface area contributed by atoms with Crippen LogP contribution in [-0.4, -0.2) is 23.9 Å². The lowest BCUT2D eigenvalue weighted by Gasteiger charge is -2.20. The van der Waals surface area contributed by atoms with Crippen LogP contribution in [0.4, 0.5) is 0 Å². The molecule has 0 radical (unpaired) electrons. The van der Waals surface area contributed by atoms with Crippen molar-refractivity contribution in [1.29, 1.82) is 0 Å². The van der Waals surface area contributed by atoms with Crippen LogP contribution in [-0.2, 0) is 6.42 Å². The van der Waals surface area contributed by atoms with E-state index in [9.17, 15) is 0 Å². The molecule has 1 aromatic heterocycles. The molecule has 0 spiro atoms. The van der Waals surface area contributed by atoms with Crippen molar-refractivity contribution in [2.24, 2.45) is 0 Å². The molecule has 2 rings (SSSR count). The van der Waals surface area contributed by atoms with Gasteiger partial charge in [-0.25, -0.2) is 0 Å². The van der Waals surface area contributed by atoms with E-state index in [2.05, 4.69) is 40.6 Å². The van der Waals surface area contributed by atoms with Crippen molar-refractivity contribution in [2.45, 2.75) is 33.2 Å². The minimum Gasteiger partial charge on any atom is -0.494 e. The molecule has 2 aromatic rings. The summed E-state index contributed by atoms with van der Waals surface area (Å²) in [5, 5.41) is 11.9. The Hall–Kier alpha value is -1.94.